The molecule has 590 valence electrons. The second-order valence-corrected chi connectivity index (χ2v) is 29.4. The van der Waals surface area contributed by atoms with Crippen molar-refractivity contribution in [3.05, 3.63) is 19.2 Å². The van der Waals surface area contributed by atoms with Gasteiger partial charge in [0.15, 0.2) is 5.78 Å². The van der Waals surface area contributed by atoms with E-state index in [0.717, 1.165) is 63.9 Å². The number of rotatable bonds is 11. The second-order valence-electron chi connectivity index (χ2n) is 28.9. The van der Waals surface area contributed by atoms with Gasteiger partial charge in [0.2, 0.25) is 0 Å². The maximum atomic E-state index is 11.8. The van der Waals surface area contributed by atoms with Gasteiger partial charge in [-0.25, -0.2) is 14.4 Å². The molecule has 110 heavy (non-hydrogen) atoms. The van der Waals surface area contributed by atoms with Crippen LogP contribution in [0, 0.1) is 111 Å². The number of carbonyl (C=O) groups is 16. The Balaban J connectivity index is -0.000000586. The van der Waals surface area contributed by atoms with Crippen molar-refractivity contribution < 1.29 is 331 Å². The number of Topliss-reactive ketones (excluding diaryl/α,β-unsaturated/α-hetero) is 3. The van der Waals surface area contributed by atoms with Crippen LogP contribution in [0.2, 0.25) is 0 Å². The van der Waals surface area contributed by atoms with Crippen LogP contribution in [0.15, 0.2) is 12.7 Å². The number of carboxylic acids is 7. The summed E-state index contributed by atoms with van der Waals surface area (Å²) in [5.41, 5.74) is 4.04. The molecule has 0 aromatic heterocycles. The Morgan fingerprint density at radius 2 is 0.836 bits per heavy atom. The smallest absolute Gasteiger partial charge is 0.870 e. The van der Waals surface area contributed by atoms with Crippen LogP contribution >= 0.6 is 11.6 Å². The number of ether oxygens (including phenoxy) is 2. The van der Waals surface area contributed by atoms with Crippen molar-refractivity contribution in [2.75, 3.05) is 13.2 Å². The van der Waals surface area contributed by atoms with Gasteiger partial charge in [-0.15, -0.1) is 11.6 Å². The monoisotopic (exact) mass is 1870 g/mol. The Hall–Kier alpha value is -2.17. The van der Waals surface area contributed by atoms with E-state index in [-0.39, 0.29) is 281 Å². The van der Waals surface area contributed by atoms with Crippen molar-refractivity contribution in [1.82, 2.24) is 21.3 Å². The Morgan fingerprint density at radius 3 is 1.06 bits per heavy atom. The van der Waals surface area contributed by atoms with E-state index in [1.165, 1.54) is 0 Å². The Morgan fingerprint density at radius 1 is 0.518 bits per heavy atom. The van der Waals surface area contributed by atoms with E-state index in [4.69, 9.17) is 76.7 Å². The van der Waals surface area contributed by atoms with E-state index in [1.807, 2.05) is 0 Å². The molecule has 2 heterocycles. The van der Waals surface area contributed by atoms with Crippen molar-refractivity contribution in [1.29, 1.82) is 6.60 Å². The third-order valence-corrected chi connectivity index (χ3v) is 24.7. The van der Waals surface area contributed by atoms with Gasteiger partial charge in [0.05, 0.1) is 54.1 Å². The van der Waals surface area contributed by atoms with Crippen molar-refractivity contribution in [3.8, 4) is 0 Å². The molecule has 0 aromatic carbocycles. The molecule has 15 rings (SSSR count). The first-order valence-corrected chi connectivity index (χ1v) is 34.2. The van der Waals surface area contributed by atoms with Crippen LogP contribution < -0.4 is 195 Å². The van der Waals surface area contributed by atoms with Crippen LogP contribution in [0.1, 0.15) is 195 Å². The van der Waals surface area contributed by atoms with Crippen molar-refractivity contribution in [2.24, 2.45) is 79.5 Å². The van der Waals surface area contributed by atoms with Gasteiger partial charge >= 0.3 is 228 Å². The minimum atomic E-state index is -1.31. The second kappa shape index (κ2) is 45.1. The van der Waals surface area contributed by atoms with Crippen molar-refractivity contribution in [2.45, 2.75) is 222 Å². The summed E-state index contributed by atoms with van der Waals surface area (Å²) in [5.74, 6) is -9.53. The number of ketones is 3. The molecule has 13 aliphatic carbocycles. The Labute approximate surface area is 797 Å². The van der Waals surface area contributed by atoms with Gasteiger partial charge in [-0.1, -0.05) is 26.8 Å². The minimum Gasteiger partial charge on any atom is -0.870 e. The predicted octanol–water partition coefficient (Wildman–Crippen LogP) is -8.44. The zero-order valence-corrected chi connectivity index (χ0v) is 77.4. The molecular formula is C68H97BClK2N7Na2O28U. The number of nitrogens with two attached hydrogens (primary N) is 2. The molecule has 2 radical (unpaired) electrons. The third kappa shape index (κ3) is 22.0. The number of aliphatic carboxylic acids is 7. The SMILES string of the molecule is C.C=CC(=O)OCC.CCOC(=O)C1CC12CCCC2=O.N[C@@]1(C(=O)O)CCCC12CC2C(=O)O.N[C@]1(C(=O)O)CCCC12CC2C(=O)O.O=C(O)C1CC12CCCC2=O.O=C1CCCC1Cl.O=C1NC(=O)[C@@]2(CCCC23CC3C(=O)O)N1.O=C1NC(=O)[C@]2(CCCC23CC3C(=O)O)N1.[2H][B].[C-]#N.[K+].[K+].[Na+].[Na+].[OH-].[OH-].[OH-].[U]. The van der Waals surface area contributed by atoms with E-state index in [2.05, 4.69) is 41.0 Å². The summed E-state index contributed by atoms with van der Waals surface area (Å²) in [4.78, 5) is 177. The number of nitrogens with one attached hydrogen (secondary N) is 4. The van der Waals surface area contributed by atoms with E-state index >= 15 is 0 Å². The zero-order valence-electron chi connectivity index (χ0n) is 63.2. The molecule has 13 unspecified atom stereocenters. The van der Waals surface area contributed by atoms with E-state index in [9.17, 15) is 76.7 Å². The van der Waals surface area contributed by atoms with E-state index in [0.29, 0.717) is 129 Å². The molecule has 2 aliphatic heterocycles. The number of amides is 6. The Kier molecular flexibility index (Phi) is 45.9. The fraction of sp³-hybridized carbons (Fsp3) is 0.721. The van der Waals surface area contributed by atoms with Gasteiger partial charge in [-0.2, -0.15) is 0 Å². The summed E-state index contributed by atoms with van der Waals surface area (Å²) < 4.78 is 14.6. The summed E-state index contributed by atoms with van der Waals surface area (Å²) in [6, 6.07) is -0.996. The molecule has 13 saturated carbocycles. The number of hydrogen-bond donors (Lipinski definition) is 13. The maximum absolute atomic E-state index is 11.8. The average Bonchev–Trinajstić information content (AvgIpc) is 1.52. The van der Waals surface area contributed by atoms with Crippen LogP contribution in [0.5, 0.6) is 0 Å². The van der Waals surface area contributed by atoms with Crippen LogP contribution in [-0.4, -0.2) is 198 Å². The number of hydrogen-bond acceptors (Lipinski definition) is 24. The number of esters is 2. The standard InChI is InChI=1S/2C10H12N2O4.C10H14O3.2C9H13NO4.C8H10O3.C5H7ClO.C5H8O2.CN.CH4.BH.2K.2Na.3H2O.U/c2*13-6(14)5-4-9(5)2-1-3-10(9)7(15)11-8(16)12-10;1-2-13-9(12)7-6-10(7)5-3-4-8(10)11;2*10-9(7(13)14)3-1-2-8(9)4-5(8)6(11)12;9-6-2-1-3-8(6)4-5(8)7(10)11;6-4-2-1-3-5(4)7;1-3-5(6)7-4-2;1-2;;;;;;;;;;/h2*5H,1-4H2,(H,13,14)(H2,11,12,15,16);7H,2-6H2,1H3;2*5H,1-4,10H2,(H,11,12)(H,13,14);5H,1-4H2,(H,10,11);4H,1-3H2;3H,1,4H2,2H3;;1H4;1H;;;;;3*1H2;/q;;;;;;;;-1;;;4*+1;;;;/p-3/t2*5?,9?,10-;;2*5?,8?,9-;;;;;;;;;;;;;;/m10.10............../s1/i;;;;;;;;;;1D;;;;;;;;. The molecular weight excluding hydrogens is 1770 g/mol. The normalized spacial score (nSPS) is 35.6. The first-order chi connectivity index (χ1) is 47.9. The van der Waals surface area contributed by atoms with Gasteiger partial charge in [0.1, 0.15) is 33.7 Å². The topological polar surface area (TPSA) is 647 Å². The first-order valence-electron chi connectivity index (χ1n) is 34.4. The molecule has 0 bridgehead atoms. The largest absolute Gasteiger partial charge is 1.00 e. The van der Waals surface area contributed by atoms with E-state index < -0.39 is 127 Å². The fourth-order valence-corrected chi connectivity index (χ4v) is 18.6. The van der Waals surface area contributed by atoms with Crippen molar-refractivity contribution in [3.63, 3.8) is 0 Å². The van der Waals surface area contributed by atoms with Gasteiger partial charge < -0.3 is 95.6 Å². The molecule has 15 aliphatic rings. The molecule has 17 atom stereocenters. The first kappa shape index (κ1) is 112. The number of imide groups is 2. The van der Waals surface area contributed by atoms with Gasteiger partial charge in [-0.05, 0) is 156 Å². The molecule has 6 amide bonds. The molecule has 35 nitrogen and oxygen atoms in total. The molecule has 8 spiro atoms. The number of nitrogens with zero attached hydrogens (tertiary/aromatic N) is 1. The Bertz CT molecular complexity index is 3360. The van der Waals surface area contributed by atoms with Crippen LogP contribution in [0.4, 0.5) is 9.59 Å². The number of halogens is 1. The van der Waals surface area contributed by atoms with E-state index in [1.54, 1.807) is 13.8 Å². The third-order valence-electron chi connectivity index (χ3n) is 24.2. The van der Waals surface area contributed by atoms with Crippen LogP contribution in [0.3, 0.4) is 0 Å². The van der Waals surface area contributed by atoms with Gasteiger partial charge in [-0.3, -0.25) is 73.0 Å². The number of carboxylic acid groups (broad SMARTS) is 7. The van der Waals surface area contributed by atoms with Crippen molar-refractivity contribution >= 4 is 115 Å². The maximum Gasteiger partial charge on any atom is 1.00 e. The molecule has 42 heteroatoms. The zero-order chi connectivity index (χ0) is 76.7. The van der Waals surface area contributed by atoms with Gasteiger partial charge in [0, 0.05) is 97.3 Å². The van der Waals surface area contributed by atoms with Crippen LogP contribution in [0.25, 0.3) is 0 Å². The summed E-state index contributed by atoms with van der Waals surface area (Å²) in [7, 11) is 3.75. The molecule has 15 fully saturated rings. The van der Waals surface area contributed by atoms with Crippen LogP contribution in [-0.2, 0) is 76.6 Å². The summed E-state index contributed by atoms with van der Waals surface area (Å²) >= 11 is 5.51. The molecule has 2 saturated heterocycles. The average molecular weight is 1870 g/mol. The summed E-state index contributed by atoms with van der Waals surface area (Å²) in [6.07, 6.45) is 19.3. The number of urea groups is 2. The summed E-state index contributed by atoms with van der Waals surface area (Å²) in [5, 5.41) is 78.3. The number of alkyl halides is 1. The summed E-state index contributed by atoms with van der Waals surface area (Å²) in [6.45, 7) is 12.3. The molecule has 18 N–H and O–H groups in total. The fourth-order valence-electron chi connectivity index (χ4n) is 18.3. The number of carbonyl (C=O) groups excluding carboxylic acids is 9. The molecule has 0 aromatic rings. The minimum absolute atomic E-state index is 0. The number of fused-ring (bicyclic) bond motifs is 2. The predicted molar refractivity (Wildman–Crippen MR) is 359 cm³/mol. The van der Waals surface area contributed by atoms with Gasteiger partial charge in [0.25, 0.3) is 11.8 Å². The quantitative estimate of drug-likeness (QED) is 0.0228.